The molecule has 5 heteroatoms. The summed E-state index contributed by atoms with van der Waals surface area (Å²) in [7, 11) is 1.96. The number of fused-ring (bicyclic) bond motifs is 1. The number of para-hydroxylation sites is 1. The molecule has 128 valence electrons. The van der Waals surface area contributed by atoms with Crippen LogP contribution in [-0.4, -0.2) is 42.5 Å². The van der Waals surface area contributed by atoms with E-state index >= 15 is 0 Å². The predicted octanol–water partition coefficient (Wildman–Crippen LogP) is 3.13. The van der Waals surface area contributed by atoms with Gasteiger partial charge >= 0.3 is 0 Å². The molecule has 0 aliphatic carbocycles. The SMILES string of the molecule is CNCC1CCCN(C(=O)C=Cc2ccc3ccccc3n2)C1.Cl. The van der Waals surface area contributed by atoms with Crippen molar-refractivity contribution in [3.05, 3.63) is 48.2 Å². The van der Waals surface area contributed by atoms with Crippen molar-refractivity contribution in [1.82, 2.24) is 15.2 Å². The van der Waals surface area contributed by atoms with Crippen LogP contribution in [-0.2, 0) is 4.79 Å². The number of nitrogens with one attached hydrogen (secondary N) is 1. The van der Waals surface area contributed by atoms with E-state index in [-0.39, 0.29) is 18.3 Å². The predicted molar refractivity (Wildman–Crippen MR) is 101 cm³/mol. The molecule has 0 saturated carbocycles. The van der Waals surface area contributed by atoms with Crippen LogP contribution >= 0.6 is 12.4 Å². The number of rotatable bonds is 4. The van der Waals surface area contributed by atoms with Crippen molar-refractivity contribution in [1.29, 1.82) is 0 Å². The van der Waals surface area contributed by atoms with Crippen LogP contribution in [0.1, 0.15) is 18.5 Å². The highest BCUT2D eigenvalue weighted by molar-refractivity contribution is 5.92. The minimum atomic E-state index is 0. The zero-order valence-electron chi connectivity index (χ0n) is 13.9. The maximum atomic E-state index is 12.4. The highest BCUT2D eigenvalue weighted by Gasteiger charge is 2.21. The van der Waals surface area contributed by atoms with Crippen LogP contribution in [0.5, 0.6) is 0 Å². The summed E-state index contributed by atoms with van der Waals surface area (Å²) < 4.78 is 0. The lowest BCUT2D eigenvalue weighted by Gasteiger charge is -2.32. The van der Waals surface area contributed by atoms with Gasteiger partial charge < -0.3 is 10.2 Å². The van der Waals surface area contributed by atoms with Crippen LogP contribution in [0.4, 0.5) is 0 Å². The van der Waals surface area contributed by atoms with E-state index in [0.717, 1.165) is 42.7 Å². The quantitative estimate of drug-likeness (QED) is 0.866. The minimum Gasteiger partial charge on any atom is -0.339 e. The zero-order valence-corrected chi connectivity index (χ0v) is 14.8. The van der Waals surface area contributed by atoms with Crippen molar-refractivity contribution >= 4 is 35.3 Å². The molecule has 24 heavy (non-hydrogen) atoms. The Morgan fingerprint density at radius 2 is 2.17 bits per heavy atom. The van der Waals surface area contributed by atoms with E-state index < -0.39 is 0 Å². The van der Waals surface area contributed by atoms with E-state index in [2.05, 4.69) is 10.3 Å². The first-order valence-corrected chi connectivity index (χ1v) is 8.23. The lowest BCUT2D eigenvalue weighted by molar-refractivity contribution is -0.127. The average Bonchev–Trinajstić information content (AvgIpc) is 2.60. The third-order valence-corrected chi connectivity index (χ3v) is 4.34. The molecule has 4 nitrogen and oxygen atoms in total. The van der Waals surface area contributed by atoms with Gasteiger partial charge in [0.2, 0.25) is 5.91 Å². The van der Waals surface area contributed by atoms with Crippen molar-refractivity contribution in [2.45, 2.75) is 12.8 Å². The van der Waals surface area contributed by atoms with Gasteiger partial charge in [0.15, 0.2) is 0 Å². The molecule has 0 radical (unpaired) electrons. The van der Waals surface area contributed by atoms with Crippen LogP contribution < -0.4 is 5.32 Å². The van der Waals surface area contributed by atoms with Gasteiger partial charge in [-0.15, -0.1) is 12.4 Å². The van der Waals surface area contributed by atoms with Gasteiger partial charge in [0, 0.05) is 24.6 Å². The van der Waals surface area contributed by atoms with Gasteiger partial charge in [-0.1, -0.05) is 24.3 Å². The fourth-order valence-electron chi connectivity index (χ4n) is 3.16. The van der Waals surface area contributed by atoms with Crippen molar-refractivity contribution in [2.75, 3.05) is 26.7 Å². The van der Waals surface area contributed by atoms with Crippen molar-refractivity contribution in [2.24, 2.45) is 5.92 Å². The van der Waals surface area contributed by atoms with Crippen LogP contribution in [0.3, 0.4) is 0 Å². The van der Waals surface area contributed by atoms with Gasteiger partial charge in [-0.3, -0.25) is 4.79 Å². The molecule has 1 aromatic carbocycles. The molecular weight excluding hydrogens is 322 g/mol. The molecule has 1 N–H and O–H groups in total. The summed E-state index contributed by atoms with van der Waals surface area (Å²) in [5.74, 6) is 0.644. The summed E-state index contributed by atoms with van der Waals surface area (Å²) >= 11 is 0. The highest BCUT2D eigenvalue weighted by atomic mass is 35.5. The molecule has 2 heterocycles. The normalized spacial score (nSPS) is 17.9. The number of carbonyl (C=O) groups is 1. The second-order valence-corrected chi connectivity index (χ2v) is 6.11. The van der Waals surface area contributed by atoms with E-state index in [1.807, 2.05) is 54.4 Å². The second-order valence-electron chi connectivity index (χ2n) is 6.11. The van der Waals surface area contributed by atoms with E-state index in [0.29, 0.717) is 5.92 Å². The molecule has 1 unspecified atom stereocenters. The number of halogens is 1. The maximum absolute atomic E-state index is 12.4. The van der Waals surface area contributed by atoms with Gasteiger partial charge in [0.1, 0.15) is 0 Å². The van der Waals surface area contributed by atoms with Crippen LogP contribution in [0.15, 0.2) is 42.5 Å². The number of piperidine rings is 1. The van der Waals surface area contributed by atoms with Crippen molar-refractivity contribution in [3.8, 4) is 0 Å². The molecule has 1 aromatic heterocycles. The molecule has 1 atom stereocenters. The molecule has 3 rings (SSSR count). The first-order valence-electron chi connectivity index (χ1n) is 8.23. The number of carbonyl (C=O) groups excluding carboxylic acids is 1. The van der Waals surface area contributed by atoms with Crippen LogP contribution in [0.2, 0.25) is 0 Å². The molecule has 1 fully saturated rings. The monoisotopic (exact) mass is 345 g/mol. The van der Waals surface area contributed by atoms with Crippen molar-refractivity contribution in [3.63, 3.8) is 0 Å². The topological polar surface area (TPSA) is 45.2 Å². The molecule has 1 saturated heterocycles. The fourth-order valence-corrected chi connectivity index (χ4v) is 3.16. The van der Waals surface area contributed by atoms with Gasteiger partial charge in [-0.05, 0) is 50.6 Å². The van der Waals surface area contributed by atoms with Gasteiger partial charge in [0.25, 0.3) is 0 Å². The first-order chi connectivity index (χ1) is 11.3. The Bertz CT molecular complexity index is 715. The fraction of sp³-hybridized carbons (Fsp3) is 0.368. The van der Waals surface area contributed by atoms with E-state index in [9.17, 15) is 4.79 Å². The Balaban J connectivity index is 0.00000208. The molecule has 1 aliphatic heterocycles. The van der Waals surface area contributed by atoms with Crippen molar-refractivity contribution < 1.29 is 4.79 Å². The molecule has 1 aliphatic rings. The number of pyridine rings is 1. The highest BCUT2D eigenvalue weighted by Crippen LogP contribution is 2.17. The third-order valence-electron chi connectivity index (χ3n) is 4.34. The van der Waals surface area contributed by atoms with Gasteiger partial charge in [0.05, 0.1) is 11.2 Å². The summed E-state index contributed by atoms with van der Waals surface area (Å²) in [5.41, 5.74) is 1.77. The molecule has 2 aromatic rings. The number of nitrogens with zero attached hydrogens (tertiary/aromatic N) is 2. The minimum absolute atomic E-state index is 0. The average molecular weight is 346 g/mol. The largest absolute Gasteiger partial charge is 0.339 e. The Labute approximate surface area is 149 Å². The smallest absolute Gasteiger partial charge is 0.246 e. The molecular formula is C19H24ClN3O. The third kappa shape index (κ3) is 4.56. The Morgan fingerprint density at radius 1 is 1.33 bits per heavy atom. The molecule has 0 bridgehead atoms. The van der Waals surface area contributed by atoms with E-state index in [1.54, 1.807) is 6.08 Å². The summed E-state index contributed by atoms with van der Waals surface area (Å²) in [6.07, 6.45) is 5.75. The Kier molecular flexibility index (Phi) is 6.76. The number of aromatic nitrogens is 1. The number of amides is 1. The number of benzene rings is 1. The Morgan fingerprint density at radius 3 is 3.00 bits per heavy atom. The van der Waals surface area contributed by atoms with Gasteiger partial charge in [-0.2, -0.15) is 0 Å². The lowest BCUT2D eigenvalue weighted by Crippen LogP contribution is -2.41. The second kappa shape index (κ2) is 8.81. The summed E-state index contributed by atoms with van der Waals surface area (Å²) in [6.45, 7) is 2.67. The van der Waals surface area contributed by atoms with E-state index in [4.69, 9.17) is 0 Å². The molecule has 0 spiro atoms. The summed E-state index contributed by atoms with van der Waals surface area (Å²) in [4.78, 5) is 18.9. The first kappa shape index (κ1) is 18.4. The molecule has 1 amide bonds. The standard InChI is InChI=1S/C19H23N3O.ClH/c1-20-13-15-5-4-12-22(14-15)19(23)11-10-17-9-8-16-6-2-3-7-18(16)21-17;/h2-3,6-11,15,20H,4-5,12-14H2,1H3;1H. The summed E-state index contributed by atoms with van der Waals surface area (Å²) in [6, 6.07) is 12.0. The Hall–Kier alpha value is -1.91. The summed E-state index contributed by atoms with van der Waals surface area (Å²) in [5, 5.41) is 4.32. The lowest BCUT2D eigenvalue weighted by atomic mass is 9.98. The van der Waals surface area contributed by atoms with Gasteiger partial charge in [-0.25, -0.2) is 4.98 Å². The van der Waals surface area contributed by atoms with Crippen LogP contribution in [0, 0.1) is 5.92 Å². The number of likely N-dealkylation sites (tertiary alicyclic amines) is 1. The van der Waals surface area contributed by atoms with Crippen LogP contribution in [0.25, 0.3) is 17.0 Å². The van der Waals surface area contributed by atoms with E-state index in [1.165, 1.54) is 6.42 Å². The number of hydrogen-bond acceptors (Lipinski definition) is 3. The number of hydrogen-bond donors (Lipinski definition) is 1. The zero-order chi connectivity index (χ0) is 16.1. The maximum Gasteiger partial charge on any atom is 0.246 e.